The highest BCUT2D eigenvalue weighted by atomic mass is 32.1. The van der Waals surface area contributed by atoms with Crippen LogP contribution in [0.1, 0.15) is 12.2 Å². The molecule has 110 valence electrons. The molecule has 1 heterocycles. The summed E-state index contributed by atoms with van der Waals surface area (Å²) in [5.41, 5.74) is 2.60. The minimum atomic E-state index is -0.609. The molecule has 0 saturated carbocycles. The van der Waals surface area contributed by atoms with Crippen molar-refractivity contribution in [3.63, 3.8) is 0 Å². The van der Waals surface area contributed by atoms with E-state index in [-0.39, 0.29) is 11.6 Å². The molecule has 0 aromatic carbocycles. The molecule has 0 bridgehead atoms. The maximum Gasteiger partial charge on any atom is 0.433 e. The van der Waals surface area contributed by atoms with Crippen molar-refractivity contribution in [1.82, 2.24) is 15.6 Å². The van der Waals surface area contributed by atoms with Crippen LogP contribution in [0.5, 0.6) is 0 Å². The van der Waals surface area contributed by atoms with Gasteiger partial charge in [0.15, 0.2) is 10.9 Å². The largest absolute Gasteiger partial charge is 0.433 e. The molecule has 0 aliphatic heterocycles. The van der Waals surface area contributed by atoms with Crippen molar-refractivity contribution >= 4 is 29.4 Å². The average molecular weight is 299 g/mol. The van der Waals surface area contributed by atoms with Gasteiger partial charge >= 0.3 is 5.88 Å². The molecule has 0 amide bonds. The topological polar surface area (TPSA) is 95.9 Å². The predicted octanol–water partition coefficient (Wildman–Crippen LogP) is 0.938. The van der Waals surface area contributed by atoms with Crippen molar-refractivity contribution in [3.05, 3.63) is 28.0 Å². The summed E-state index contributed by atoms with van der Waals surface area (Å²) in [5.74, 6) is -0.0459. The van der Waals surface area contributed by atoms with Gasteiger partial charge in [0, 0.05) is 6.54 Å². The number of thiocarbonyl (C=S) groups is 1. The summed E-state index contributed by atoms with van der Waals surface area (Å²) in [4.78, 5) is 11.9. The third kappa shape index (κ3) is 6.25. The summed E-state index contributed by atoms with van der Waals surface area (Å²) in [6.45, 7) is 1.71. The molecule has 1 rings (SSSR count). The van der Waals surface area contributed by atoms with Crippen LogP contribution in [0, 0.1) is 10.1 Å². The molecule has 0 fully saturated rings. The van der Waals surface area contributed by atoms with Crippen molar-refractivity contribution in [2.24, 2.45) is 5.10 Å². The summed E-state index contributed by atoms with van der Waals surface area (Å²) in [5, 5.41) is 17.6. The second-order valence-electron chi connectivity index (χ2n) is 4.22. The lowest BCUT2D eigenvalue weighted by molar-refractivity contribution is -0.402. The maximum atomic E-state index is 10.4. The molecule has 1 aromatic heterocycles. The van der Waals surface area contributed by atoms with E-state index in [1.165, 1.54) is 18.3 Å². The molecule has 2 N–H and O–H groups in total. The van der Waals surface area contributed by atoms with E-state index >= 15 is 0 Å². The molecular weight excluding hydrogens is 282 g/mol. The van der Waals surface area contributed by atoms with Crippen LogP contribution in [0.2, 0.25) is 0 Å². The minimum Gasteiger partial charge on any atom is -0.400 e. The average Bonchev–Trinajstić information content (AvgIpc) is 2.83. The van der Waals surface area contributed by atoms with Gasteiger partial charge in [0.1, 0.15) is 4.92 Å². The van der Waals surface area contributed by atoms with Gasteiger partial charge in [-0.1, -0.05) is 0 Å². The fraction of sp³-hybridized carbons (Fsp3) is 0.455. The minimum absolute atomic E-state index is 0.277. The summed E-state index contributed by atoms with van der Waals surface area (Å²) in [6.07, 6.45) is 2.28. The Morgan fingerprint density at radius 2 is 2.35 bits per heavy atom. The van der Waals surface area contributed by atoms with Crippen LogP contribution >= 0.6 is 12.2 Å². The van der Waals surface area contributed by atoms with E-state index in [2.05, 4.69) is 20.7 Å². The van der Waals surface area contributed by atoms with Crippen LogP contribution in [-0.4, -0.2) is 48.3 Å². The van der Waals surface area contributed by atoms with Crippen molar-refractivity contribution < 1.29 is 9.34 Å². The van der Waals surface area contributed by atoms with Gasteiger partial charge in [-0.15, -0.1) is 0 Å². The fourth-order valence-corrected chi connectivity index (χ4v) is 1.46. The second kappa shape index (κ2) is 8.23. The first-order valence-electron chi connectivity index (χ1n) is 5.95. The second-order valence-corrected chi connectivity index (χ2v) is 4.62. The van der Waals surface area contributed by atoms with Crippen LogP contribution < -0.4 is 10.7 Å². The number of nitrogens with zero attached hydrogens (tertiary/aromatic N) is 3. The summed E-state index contributed by atoms with van der Waals surface area (Å²) < 4.78 is 4.89. The summed E-state index contributed by atoms with van der Waals surface area (Å²) in [6, 6.07) is 2.72. The molecule has 20 heavy (non-hydrogen) atoms. The Morgan fingerprint density at radius 3 is 2.95 bits per heavy atom. The molecule has 0 radical (unpaired) electrons. The molecular formula is C11H17N5O3S. The Hall–Kier alpha value is -2.00. The van der Waals surface area contributed by atoms with Gasteiger partial charge in [0.2, 0.25) is 0 Å². The molecule has 0 unspecified atom stereocenters. The predicted molar refractivity (Wildman–Crippen MR) is 79.9 cm³/mol. The van der Waals surface area contributed by atoms with Crippen molar-refractivity contribution in [1.29, 1.82) is 0 Å². The standard InChI is InChI=1S/C11H17N5O3S/c1-15(2)7-3-6-12-11(20)14-13-8-9-4-5-10(19-9)16(17)18/h4-5,8H,3,6-7H2,1-2H3,(H2,12,14,20). The van der Waals surface area contributed by atoms with Crippen LogP contribution in [0.25, 0.3) is 0 Å². The maximum absolute atomic E-state index is 10.4. The number of hydrogen-bond donors (Lipinski definition) is 2. The Balaban J connectivity index is 2.25. The van der Waals surface area contributed by atoms with Crippen LogP contribution in [0.3, 0.4) is 0 Å². The third-order valence-electron chi connectivity index (χ3n) is 2.22. The first-order valence-corrected chi connectivity index (χ1v) is 6.35. The zero-order valence-electron chi connectivity index (χ0n) is 11.3. The Kier molecular flexibility index (Phi) is 6.60. The van der Waals surface area contributed by atoms with E-state index in [9.17, 15) is 10.1 Å². The Labute approximate surface area is 122 Å². The van der Waals surface area contributed by atoms with Gasteiger partial charge in [-0.05, 0) is 45.3 Å². The van der Waals surface area contributed by atoms with E-state index in [1.807, 2.05) is 14.1 Å². The van der Waals surface area contributed by atoms with E-state index in [0.29, 0.717) is 5.11 Å². The van der Waals surface area contributed by atoms with Crippen molar-refractivity contribution in [3.8, 4) is 0 Å². The number of rotatable bonds is 7. The van der Waals surface area contributed by atoms with E-state index in [0.717, 1.165) is 19.5 Å². The monoisotopic (exact) mass is 299 g/mol. The molecule has 0 atom stereocenters. The lowest BCUT2D eigenvalue weighted by Crippen LogP contribution is -2.33. The van der Waals surface area contributed by atoms with E-state index < -0.39 is 4.92 Å². The lowest BCUT2D eigenvalue weighted by atomic mass is 10.4. The number of nitrogens with one attached hydrogen (secondary N) is 2. The molecule has 0 spiro atoms. The fourth-order valence-electron chi connectivity index (χ4n) is 1.30. The van der Waals surface area contributed by atoms with E-state index in [4.69, 9.17) is 16.6 Å². The van der Waals surface area contributed by atoms with Gasteiger partial charge in [-0.2, -0.15) is 5.10 Å². The number of hydrazone groups is 1. The van der Waals surface area contributed by atoms with Crippen molar-refractivity contribution in [2.45, 2.75) is 6.42 Å². The van der Waals surface area contributed by atoms with Gasteiger partial charge in [0.25, 0.3) is 0 Å². The molecule has 0 aliphatic carbocycles. The smallest absolute Gasteiger partial charge is 0.400 e. The van der Waals surface area contributed by atoms with E-state index in [1.54, 1.807) is 0 Å². The lowest BCUT2D eigenvalue weighted by Gasteiger charge is -2.10. The zero-order chi connectivity index (χ0) is 15.0. The SMILES string of the molecule is CN(C)CCCNC(=S)NN=Cc1ccc([N+](=O)[O-])o1. The molecule has 0 aliphatic rings. The number of furan rings is 1. The number of hydrogen-bond acceptors (Lipinski definition) is 6. The molecule has 9 heteroatoms. The van der Waals surface area contributed by atoms with Crippen LogP contribution in [0.4, 0.5) is 5.88 Å². The van der Waals surface area contributed by atoms with Crippen molar-refractivity contribution in [2.75, 3.05) is 27.2 Å². The first-order chi connectivity index (χ1) is 9.49. The molecule has 0 saturated heterocycles. The summed E-state index contributed by atoms with van der Waals surface area (Å²) in [7, 11) is 4.01. The summed E-state index contributed by atoms with van der Waals surface area (Å²) >= 11 is 5.01. The third-order valence-corrected chi connectivity index (χ3v) is 2.45. The normalized spacial score (nSPS) is 10.9. The molecule has 8 nitrogen and oxygen atoms in total. The van der Waals surface area contributed by atoms with Gasteiger partial charge in [0.05, 0.1) is 12.3 Å². The highest BCUT2D eigenvalue weighted by Crippen LogP contribution is 2.13. The Morgan fingerprint density at radius 1 is 1.60 bits per heavy atom. The van der Waals surface area contributed by atoms with Gasteiger partial charge in [-0.3, -0.25) is 15.5 Å². The van der Waals surface area contributed by atoms with Gasteiger partial charge in [-0.25, -0.2) is 0 Å². The molecule has 1 aromatic rings. The quantitative estimate of drug-likeness (QED) is 0.254. The van der Waals surface area contributed by atoms with Crippen LogP contribution in [0.15, 0.2) is 21.7 Å². The highest BCUT2D eigenvalue weighted by Gasteiger charge is 2.10. The Bertz CT molecular complexity index is 486. The van der Waals surface area contributed by atoms with Crippen LogP contribution in [-0.2, 0) is 0 Å². The first kappa shape index (κ1) is 16.1. The van der Waals surface area contributed by atoms with Gasteiger partial charge < -0.3 is 14.6 Å². The number of nitro groups is 1. The highest BCUT2D eigenvalue weighted by molar-refractivity contribution is 7.80. The zero-order valence-corrected chi connectivity index (χ0v) is 12.1.